The molecule has 3 rings (SSSR count). The Balaban J connectivity index is 1.41. The van der Waals surface area contributed by atoms with Crippen molar-refractivity contribution in [1.82, 2.24) is 5.32 Å². The maximum atomic E-state index is 12.4. The molecule has 3 aromatic carbocycles. The summed E-state index contributed by atoms with van der Waals surface area (Å²) < 4.78 is 5.39. The summed E-state index contributed by atoms with van der Waals surface area (Å²) in [7, 11) is 0. The molecule has 0 radical (unpaired) electrons. The SMILES string of the molecule is CCOc1ccc(NC(=O)c2ccc(NC(=O)CCNC(=O)Cc3ccccc3)cc2)cc1. The van der Waals surface area contributed by atoms with Crippen molar-refractivity contribution >= 4 is 29.1 Å². The molecule has 0 aliphatic rings. The van der Waals surface area contributed by atoms with E-state index in [0.717, 1.165) is 11.3 Å². The Bertz CT molecular complexity index is 1060. The second-order valence-electron chi connectivity index (χ2n) is 7.30. The fourth-order valence-corrected chi connectivity index (χ4v) is 3.09. The third-order valence-electron chi connectivity index (χ3n) is 4.74. The van der Waals surface area contributed by atoms with Crippen molar-refractivity contribution in [1.29, 1.82) is 0 Å². The minimum absolute atomic E-state index is 0.128. The summed E-state index contributed by atoms with van der Waals surface area (Å²) in [5, 5.41) is 8.33. The van der Waals surface area contributed by atoms with Gasteiger partial charge in [-0.3, -0.25) is 14.4 Å². The summed E-state index contributed by atoms with van der Waals surface area (Å²) in [5.74, 6) is 0.142. The van der Waals surface area contributed by atoms with Crippen molar-refractivity contribution in [3.05, 3.63) is 90.0 Å². The molecule has 3 amide bonds. The molecule has 0 fully saturated rings. The Morgan fingerprint density at radius 3 is 2.06 bits per heavy atom. The Morgan fingerprint density at radius 1 is 0.758 bits per heavy atom. The molecule has 0 heterocycles. The van der Waals surface area contributed by atoms with Gasteiger partial charge in [-0.1, -0.05) is 30.3 Å². The van der Waals surface area contributed by atoms with Crippen LogP contribution in [-0.2, 0) is 16.0 Å². The second kappa shape index (κ2) is 12.0. The van der Waals surface area contributed by atoms with Crippen molar-refractivity contribution in [2.24, 2.45) is 0 Å². The molecule has 0 bridgehead atoms. The summed E-state index contributed by atoms with van der Waals surface area (Å²) in [6, 6.07) is 23.2. The van der Waals surface area contributed by atoms with E-state index in [4.69, 9.17) is 4.74 Å². The van der Waals surface area contributed by atoms with Crippen LogP contribution in [0.15, 0.2) is 78.9 Å². The van der Waals surface area contributed by atoms with Crippen molar-refractivity contribution < 1.29 is 19.1 Å². The van der Waals surface area contributed by atoms with E-state index in [1.807, 2.05) is 37.3 Å². The number of hydrogen-bond donors (Lipinski definition) is 3. The molecule has 170 valence electrons. The minimum Gasteiger partial charge on any atom is -0.494 e. The van der Waals surface area contributed by atoms with E-state index >= 15 is 0 Å². The molecule has 3 N–H and O–H groups in total. The van der Waals surface area contributed by atoms with Crippen LogP contribution in [0, 0.1) is 0 Å². The smallest absolute Gasteiger partial charge is 0.255 e. The van der Waals surface area contributed by atoms with Crippen LogP contribution in [0.25, 0.3) is 0 Å². The van der Waals surface area contributed by atoms with E-state index in [9.17, 15) is 14.4 Å². The van der Waals surface area contributed by atoms with Crippen LogP contribution < -0.4 is 20.7 Å². The van der Waals surface area contributed by atoms with Crippen molar-refractivity contribution in [3.63, 3.8) is 0 Å². The Labute approximate surface area is 193 Å². The molecule has 0 atom stereocenters. The Morgan fingerprint density at radius 2 is 1.39 bits per heavy atom. The van der Waals surface area contributed by atoms with Crippen LogP contribution in [0.3, 0.4) is 0 Å². The number of amides is 3. The third kappa shape index (κ3) is 7.81. The fraction of sp³-hybridized carbons (Fsp3) is 0.192. The lowest BCUT2D eigenvalue weighted by atomic mass is 10.1. The predicted octanol–water partition coefficient (Wildman–Crippen LogP) is 4.03. The van der Waals surface area contributed by atoms with Gasteiger partial charge >= 0.3 is 0 Å². The number of carbonyl (C=O) groups excluding carboxylic acids is 3. The number of rotatable bonds is 10. The largest absolute Gasteiger partial charge is 0.494 e. The van der Waals surface area contributed by atoms with E-state index in [1.165, 1.54) is 0 Å². The van der Waals surface area contributed by atoms with Crippen LogP contribution in [0.5, 0.6) is 5.75 Å². The molecule has 33 heavy (non-hydrogen) atoms. The first-order valence-electron chi connectivity index (χ1n) is 10.8. The molecule has 0 saturated heterocycles. The second-order valence-corrected chi connectivity index (χ2v) is 7.30. The van der Waals surface area contributed by atoms with Gasteiger partial charge in [-0.15, -0.1) is 0 Å². The molecule has 7 heteroatoms. The molecule has 7 nitrogen and oxygen atoms in total. The van der Waals surface area contributed by atoms with E-state index in [1.54, 1.807) is 48.5 Å². The van der Waals surface area contributed by atoms with Crippen LogP contribution in [0.1, 0.15) is 29.3 Å². The zero-order valence-electron chi connectivity index (χ0n) is 18.5. The van der Waals surface area contributed by atoms with Gasteiger partial charge in [0.1, 0.15) is 5.75 Å². The van der Waals surface area contributed by atoms with Gasteiger partial charge in [0.05, 0.1) is 13.0 Å². The maximum Gasteiger partial charge on any atom is 0.255 e. The van der Waals surface area contributed by atoms with Crippen LogP contribution in [-0.4, -0.2) is 30.9 Å². The number of hydrogen-bond acceptors (Lipinski definition) is 4. The van der Waals surface area contributed by atoms with E-state index < -0.39 is 0 Å². The van der Waals surface area contributed by atoms with Crippen LogP contribution in [0.4, 0.5) is 11.4 Å². The molecule has 0 spiro atoms. The molecule has 0 aliphatic heterocycles. The van der Waals surface area contributed by atoms with Gasteiger partial charge in [-0.2, -0.15) is 0 Å². The van der Waals surface area contributed by atoms with Crippen LogP contribution >= 0.6 is 0 Å². The average molecular weight is 446 g/mol. The lowest BCUT2D eigenvalue weighted by molar-refractivity contribution is -0.120. The summed E-state index contributed by atoms with van der Waals surface area (Å²) in [6.07, 6.45) is 0.434. The third-order valence-corrected chi connectivity index (χ3v) is 4.74. The number of carbonyl (C=O) groups is 3. The minimum atomic E-state index is -0.252. The zero-order valence-corrected chi connectivity index (χ0v) is 18.5. The number of ether oxygens (including phenoxy) is 1. The highest BCUT2D eigenvalue weighted by molar-refractivity contribution is 6.04. The van der Waals surface area contributed by atoms with Crippen LogP contribution in [0.2, 0.25) is 0 Å². The van der Waals surface area contributed by atoms with Gasteiger partial charge in [0, 0.05) is 29.9 Å². The summed E-state index contributed by atoms with van der Waals surface area (Å²) in [5.41, 5.74) is 2.63. The molecule has 0 aliphatic carbocycles. The molecule has 0 saturated carbocycles. The quantitative estimate of drug-likeness (QED) is 0.439. The summed E-state index contributed by atoms with van der Waals surface area (Å²) in [6.45, 7) is 2.74. The van der Waals surface area contributed by atoms with Gasteiger partial charge in [-0.05, 0) is 61.0 Å². The molecular weight excluding hydrogens is 418 g/mol. The Hall–Kier alpha value is -4.13. The van der Waals surface area contributed by atoms with E-state index in [0.29, 0.717) is 23.5 Å². The average Bonchev–Trinajstić information content (AvgIpc) is 2.81. The van der Waals surface area contributed by atoms with Gasteiger partial charge in [-0.25, -0.2) is 0 Å². The predicted molar refractivity (Wildman–Crippen MR) is 128 cm³/mol. The lowest BCUT2D eigenvalue weighted by Gasteiger charge is -2.09. The molecule has 0 unspecified atom stereocenters. The van der Waals surface area contributed by atoms with Gasteiger partial charge < -0.3 is 20.7 Å². The van der Waals surface area contributed by atoms with Crippen molar-refractivity contribution in [2.75, 3.05) is 23.8 Å². The van der Waals surface area contributed by atoms with Gasteiger partial charge in [0.15, 0.2) is 0 Å². The molecule has 0 aromatic heterocycles. The van der Waals surface area contributed by atoms with E-state index in [-0.39, 0.29) is 37.1 Å². The van der Waals surface area contributed by atoms with Crippen molar-refractivity contribution in [2.45, 2.75) is 19.8 Å². The Kier molecular flexibility index (Phi) is 8.59. The summed E-state index contributed by atoms with van der Waals surface area (Å²) >= 11 is 0. The number of anilines is 2. The normalized spacial score (nSPS) is 10.2. The first kappa shape index (κ1) is 23.5. The first-order chi connectivity index (χ1) is 16.0. The molecule has 3 aromatic rings. The summed E-state index contributed by atoms with van der Waals surface area (Å²) in [4.78, 5) is 36.5. The first-order valence-corrected chi connectivity index (χ1v) is 10.8. The topological polar surface area (TPSA) is 96.5 Å². The monoisotopic (exact) mass is 445 g/mol. The standard InChI is InChI=1S/C26H27N3O4/c1-2-33-23-14-12-22(13-15-23)29-26(32)20-8-10-21(11-9-20)28-24(30)16-17-27-25(31)18-19-6-4-3-5-7-19/h3-15H,2,16-18H2,1H3,(H,27,31)(H,28,30)(H,29,32). The highest BCUT2D eigenvalue weighted by Crippen LogP contribution is 2.17. The number of nitrogens with one attached hydrogen (secondary N) is 3. The highest BCUT2D eigenvalue weighted by atomic mass is 16.5. The van der Waals surface area contributed by atoms with Gasteiger partial charge in [0.2, 0.25) is 11.8 Å². The zero-order chi connectivity index (χ0) is 23.5. The number of benzene rings is 3. The fourth-order valence-electron chi connectivity index (χ4n) is 3.09. The van der Waals surface area contributed by atoms with E-state index in [2.05, 4.69) is 16.0 Å². The lowest BCUT2D eigenvalue weighted by Crippen LogP contribution is -2.28. The maximum absolute atomic E-state index is 12.4. The molecular formula is C26H27N3O4. The van der Waals surface area contributed by atoms with Crippen molar-refractivity contribution in [3.8, 4) is 5.75 Å². The van der Waals surface area contributed by atoms with Gasteiger partial charge in [0.25, 0.3) is 5.91 Å². The highest BCUT2D eigenvalue weighted by Gasteiger charge is 2.09.